The van der Waals surface area contributed by atoms with Crippen molar-refractivity contribution in [3.8, 4) is 5.75 Å². The molecule has 0 radical (unpaired) electrons. The number of halogens is 1. The Labute approximate surface area is 184 Å². The molecule has 6 nitrogen and oxygen atoms in total. The Kier molecular flexibility index (Phi) is 11.0. The van der Waals surface area contributed by atoms with Crippen LogP contribution in [0.25, 0.3) is 0 Å². The highest BCUT2D eigenvalue weighted by atomic mass is 127. The zero-order chi connectivity index (χ0) is 19.5. The average Bonchev–Trinajstić information content (AvgIpc) is 2.71. The second-order valence-electron chi connectivity index (χ2n) is 5.97. The van der Waals surface area contributed by atoms with Crippen LogP contribution >= 0.6 is 24.0 Å². The number of nitrogens with one attached hydrogen (secondary N) is 3. The van der Waals surface area contributed by atoms with Crippen LogP contribution in [-0.4, -0.2) is 39.1 Å². The Balaban J connectivity index is 0.00000392. The molecule has 0 unspecified atom stereocenters. The van der Waals surface area contributed by atoms with Crippen molar-refractivity contribution in [1.82, 2.24) is 16.0 Å². The summed E-state index contributed by atoms with van der Waals surface area (Å²) in [5.74, 6) is 1.58. The molecule has 0 saturated heterocycles. The average molecular weight is 496 g/mol. The molecule has 152 valence electrons. The van der Waals surface area contributed by atoms with Gasteiger partial charge in [0.2, 0.25) is 0 Å². The molecule has 0 aliphatic carbocycles. The fourth-order valence-electron chi connectivity index (χ4n) is 2.67. The zero-order valence-electron chi connectivity index (χ0n) is 16.6. The third-order valence-corrected chi connectivity index (χ3v) is 4.12. The summed E-state index contributed by atoms with van der Waals surface area (Å²) in [6, 6.07) is 15.6. The van der Waals surface area contributed by atoms with Crippen LogP contribution in [0.1, 0.15) is 28.4 Å². The van der Waals surface area contributed by atoms with Crippen LogP contribution in [0.5, 0.6) is 5.75 Å². The first-order valence-corrected chi connectivity index (χ1v) is 9.11. The summed E-state index contributed by atoms with van der Waals surface area (Å²) in [6.45, 7) is 3.90. The number of para-hydroxylation sites is 1. The second kappa shape index (κ2) is 13.0. The van der Waals surface area contributed by atoms with E-state index in [2.05, 4.69) is 27.0 Å². The van der Waals surface area contributed by atoms with Crippen LogP contribution in [0.2, 0.25) is 0 Å². The Morgan fingerprint density at radius 3 is 2.39 bits per heavy atom. The van der Waals surface area contributed by atoms with Crippen molar-refractivity contribution in [2.75, 3.05) is 27.2 Å². The number of aliphatic imine (C=N–C) groups is 1. The molecule has 0 saturated carbocycles. The van der Waals surface area contributed by atoms with Gasteiger partial charge in [0, 0.05) is 32.2 Å². The molecule has 0 aliphatic heterocycles. The van der Waals surface area contributed by atoms with Crippen molar-refractivity contribution in [3.05, 3.63) is 65.2 Å². The summed E-state index contributed by atoms with van der Waals surface area (Å²) >= 11 is 0. The molecule has 1 amide bonds. The number of nitrogens with zero attached hydrogens (tertiary/aromatic N) is 1. The minimum absolute atomic E-state index is 0. The van der Waals surface area contributed by atoms with Gasteiger partial charge in [-0.3, -0.25) is 9.79 Å². The summed E-state index contributed by atoms with van der Waals surface area (Å²) < 4.78 is 5.37. The smallest absolute Gasteiger partial charge is 0.251 e. The van der Waals surface area contributed by atoms with Gasteiger partial charge in [-0.2, -0.15) is 0 Å². The highest BCUT2D eigenvalue weighted by molar-refractivity contribution is 14.0. The minimum Gasteiger partial charge on any atom is -0.496 e. The van der Waals surface area contributed by atoms with Gasteiger partial charge in [-0.15, -0.1) is 24.0 Å². The van der Waals surface area contributed by atoms with Crippen molar-refractivity contribution in [2.24, 2.45) is 4.99 Å². The van der Waals surface area contributed by atoms with E-state index < -0.39 is 0 Å². The first kappa shape index (κ1) is 23.7. The number of methoxy groups -OCH3 is 1. The van der Waals surface area contributed by atoms with Gasteiger partial charge in [0.25, 0.3) is 5.91 Å². The highest BCUT2D eigenvalue weighted by Gasteiger charge is 2.05. The molecule has 0 spiro atoms. The maximum absolute atomic E-state index is 11.8. The van der Waals surface area contributed by atoms with Gasteiger partial charge in [0.15, 0.2) is 5.96 Å². The molecule has 0 atom stereocenters. The van der Waals surface area contributed by atoms with Crippen molar-refractivity contribution in [3.63, 3.8) is 0 Å². The number of rotatable bonds is 8. The van der Waals surface area contributed by atoms with Crippen molar-refractivity contribution < 1.29 is 9.53 Å². The van der Waals surface area contributed by atoms with E-state index in [1.54, 1.807) is 14.2 Å². The number of carbonyl (C=O) groups excluding carboxylic acids is 1. The van der Waals surface area contributed by atoms with Gasteiger partial charge in [0.1, 0.15) is 5.75 Å². The first-order valence-electron chi connectivity index (χ1n) is 9.11. The van der Waals surface area contributed by atoms with Crippen LogP contribution in [-0.2, 0) is 13.0 Å². The number of carbonyl (C=O) groups is 1. The van der Waals surface area contributed by atoms with Gasteiger partial charge >= 0.3 is 0 Å². The SMILES string of the molecule is CCNC(=O)c1ccc(CNC(=NC)NCCc2ccccc2OC)cc1.I. The topological polar surface area (TPSA) is 74.8 Å². The van der Waals surface area contributed by atoms with Crippen LogP contribution in [0, 0.1) is 0 Å². The highest BCUT2D eigenvalue weighted by Crippen LogP contribution is 2.17. The fourth-order valence-corrected chi connectivity index (χ4v) is 2.67. The monoisotopic (exact) mass is 496 g/mol. The zero-order valence-corrected chi connectivity index (χ0v) is 18.9. The molecule has 0 fully saturated rings. The lowest BCUT2D eigenvalue weighted by Gasteiger charge is -2.13. The van der Waals surface area contributed by atoms with E-state index in [0.29, 0.717) is 18.7 Å². The number of ether oxygens (including phenoxy) is 1. The lowest BCUT2D eigenvalue weighted by atomic mass is 10.1. The summed E-state index contributed by atoms with van der Waals surface area (Å²) in [4.78, 5) is 16.0. The summed E-state index contributed by atoms with van der Waals surface area (Å²) in [6.07, 6.45) is 0.839. The summed E-state index contributed by atoms with van der Waals surface area (Å²) in [7, 11) is 3.43. The molecule has 0 heterocycles. The van der Waals surface area contributed by atoms with Gasteiger partial charge in [-0.25, -0.2) is 0 Å². The Morgan fingerprint density at radius 2 is 1.75 bits per heavy atom. The number of hydrogen-bond acceptors (Lipinski definition) is 3. The predicted octanol–water partition coefficient (Wildman–Crippen LogP) is 2.97. The lowest BCUT2D eigenvalue weighted by molar-refractivity contribution is 0.0956. The second-order valence-corrected chi connectivity index (χ2v) is 5.97. The van der Waals surface area contributed by atoms with Gasteiger partial charge in [-0.05, 0) is 42.7 Å². The van der Waals surface area contributed by atoms with Crippen LogP contribution in [0.15, 0.2) is 53.5 Å². The van der Waals surface area contributed by atoms with Crippen LogP contribution < -0.4 is 20.7 Å². The van der Waals surface area contributed by atoms with Crippen LogP contribution in [0.3, 0.4) is 0 Å². The molecule has 2 aromatic rings. The van der Waals surface area contributed by atoms with E-state index in [0.717, 1.165) is 35.8 Å². The molecule has 3 N–H and O–H groups in total. The van der Waals surface area contributed by atoms with Gasteiger partial charge in [0.05, 0.1) is 7.11 Å². The Morgan fingerprint density at radius 1 is 1.04 bits per heavy atom. The molecule has 0 bridgehead atoms. The first-order chi connectivity index (χ1) is 13.2. The van der Waals surface area contributed by atoms with E-state index >= 15 is 0 Å². The molecule has 7 heteroatoms. The molecular formula is C21H29IN4O2. The van der Waals surface area contributed by atoms with E-state index in [4.69, 9.17) is 4.74 Å². The quantitative estimate of drug-likeness (QED) is 0.299. The third kappa shape index (κ3) is 7.38. The fraction of sp³-hybridized carbons (Fsp3) is 0.333. The van der Waals surface area contributed by atoms with E-state index in [-0.39, 0.29) is 29.9 Å². The summed E-state index contributed by atoms with van der Waals surface area (Å²) in [5.41, 5.74) is 2.90. The molecule has 2 aromatic carbocycles. The van der Waals surface area contributed by atoms with E-state index in [9.17, 15) is 4.79 Å². The number of benzene rings is 2. The van der Waals surface area contributed by atoms with Crippen LogP contribution in [0.4, 0.5) is 0 Å². The molecular weight excluding hydrogens is 467 g/mol. The number of amides is 1. The lowest BCUT2D eigenvalue weighted by Crippen LogP contribution is -2.37. The van der Waals surface area contributed by atoms with E-state index in [1.165, 1.54) is 0 Å². The standard InChI is InChI=1S/C21H28N4O2.HI/c1-4-23-20(26)18-11-9-16(10-12-18)15-25-21(22-2)24-14-13-17-7-5-6-8-19(17)27-3;/h5-12H,4,13-15H2,1-3H3,(H,23,26)(H2,22,24,25);1H. The molecule has 0 aliphatic rings. The van der Waals surface area contributed by atoms with Gasteiger partial charge < -0.3 is 20.7 Å². The third-order valence-electron chi connectivity index (χ3n) is 4.12. The summed E-state index contributed by atoms with van der Waals surface area (Å²) in [5, 5.41) is 9.38. The van der Waals surface area contributed by atoms with E-state index in [1.807, 2.05) is 49.4 Å². The number of hydrogen-bond donors (Lipinski definition) is 3. The molecule has 28 heavy (non-hydrogen) atoms. The molecule has 2 rings (SSSR count). The normalized spacial score (nSPS) is 10.6. The largest absolute Gasteiger partial charge is 0.496 e. The number of guanidine groups is 1. The van der Waals surface area contributed by atoms with Gasteiger partial charge in [-0.1, -0.05) is 30.3 Å². The maximum atomic E-state index is 11.8. The molecule has 0 aromatic heterocycles. The predicted molar refractivity (Wildman–Crippen MR) is 125 cm³/mol. The van der Waals surface area contributed by atoms with Crippen molar-refractivity contribution in [1.29, 1.82) is 0 Å². The Hall–Kier alpha value is -2.29. The maximum Gasteiger partial charge on any atom is 0.251 e. The minimum atomic E-state index is -0.0502. The van der Waals surface area contributed by atoms with Crippen molar-refractivity contribution >= 4 is 35.8 Å². The van der Waals surface area contributed by atoms with Crippen molar-refractivity contribution in [2.45, 2.75) is 19.9 Å². The Bertz CT molecular complexity index is 763.